The standard InChI is InChI=1S/C15H26ClN3/c1-3-13-15(16)14(19(4-2)18-13)11-17-10-12-8-6-5-7-9-12/h12,17H,3-11H2,1-2H3. The van der Waals surface area contributed by atoms with Gasteiger partial charge < -0.3 is 5.32 Å². The van der Waals surface area contributed by atoms with Gasteiger partial charge in [-0.3, -0.25) is 4.68 Å². The van der Waals surface area contributed by atoms with E-state index in [9.17, 15) is 0 Å². The first kappa shape index (κ1) is 14.9. The van der Waals surface area contributed by atoms with Gasteiger partial charge in [0.25, 0.3) is 0 Å². The molecule has 1 N–H and O–H groups in total. The molecule has 0 aliphatic heterocycles. The number of halogens is 1. The maximum atomic E-state index is 6.41. The highest BCUT2D eigenvalue weighted by molar-refractivity contribution is 6.31. The summed E-state index contributed by atoms with van der Waals surface area (Å²) in [6, 6.07) is 0. The second kappa shape index (κ2) is 7.30. The second-order valence-corrected chi connectivity index (χ2v) is 5.89. The molecule has 3 nitrogen and oxygen atoms in total. The third kappa shape index (κ3) is 3.73. The van der Waals surface area contributed by atoms with Gasteiger partial charge in [-0.1, -0.05) is 37.8 Å². The fourth-order valence-corrected chi connectivity index (χ4v) is 3.31. The first-order valence-electron chi connectivity index (χ1n) is 7.71. The van der Waals surface area contributed by atoms with Crippen molar-refractivity contribution < 1.29 is 0 Å². The third-order valence-corrected chi connectivity index (χ3v) is 4.58. The number of nitrogens with zero attached hydrogens (tertiary/aromatic N) is 2. The lowest BCUT2D eigenvalue weighted by atomic mass is 9.89. The van der Waals surface area contributed by atoms with Gasteiger partial charge >= 0.3 is 0 Å². The van der Waals surface area contributed by atoms with Gasteiger partial charge in [0.2, 0.25) is 0 Å². The third-order valence-electron chi connectivity index (χ3n) is 4.14. The molecule has 1 aliphatic rings. The van der Waals surface area contributed by atoms with Gasteiger partial charge in [0.15, 0.2) is 0 Å². The molecular weight excluding hydrogens is 258 g/mol. The van der Waals surface area contributed by atoms with Crippen LogP contribution in [0.1, 0.15) is 57.3 Å². The number of nitrogens with one attached hydrogen (secondary N) is 1. The molecule has 2 rings (SSSR count). The van der Waals surface area contributed by atoms with E-state index in [1.165, 1.54) is 32.1 Å². The number of rotatable bonds is 6. The average molecular weight is 284 g/mol. The van der Waals surface area contributed by atoms with E-state index < -0.39 is 0 Å². The number of aryl methyl sites for hydroxylation is 2. The van der Waals surface area contributed by atoms with E-state index in [1.54, 1.807) is 0 Å². The van der Waals surface area contributed by atoms with Crippen LogP contribution in [0, 0.1) is 5.92 Å². The summed E-state index contributed by atoms with van der Waals surface area (Å²) in [5, 5.41) is 9.00. The Morgan fingerprint density at radius 3 is 2.63 bits per heavy atom. The van der Waals surface area contributed by atoms with Crippen LogP contribution in [0.4, 0.5) is 0 Å². The number of hydrogen-bond acceptors (Lipinski definition) is 2. The summed E-state index contributed by atoms with van der Waals surface area (Å²) in [5.74, 6) is 0.858. The van der Waals surface area contributed by atoms with Crippen molar-refractivity contribution in [1.29, 1.82) is 0 Å². The number of aromatic nitrogens is 2. The van der Waals surface area contributed by atoms with Crippen molar-refractivity contribution in [2.24, 2.45) is 5.92 Å². The summed E-state index contributed by atoms with van der Waals surface area (Å²) in [6.45, 7) is 7.07. The Morgan fingerprint density at radius 2 is 2.00 bits per heavy atom. The molecule has 108 valence electrons. The van der Waals surface area contributed by atoms with Gasteiger partial charge in [0.05, 0.1) is 16.4 Å². The molecule has 1 fully saturated rings. The van der Waals surface area contributed by atoms with Crippen LogP contribution >= 0.6 is 11.6 Å². The summed E-state index contributed by atoms with van der Waals surface area (Å²) in [6.07, 6.45) is 7.90. The Balaban J connectivity index is 1.89. The lowest BCUT2D eigenvalue weighted by Crippen LogP contribution is -2.25. The molecule has 1 aromatic heterocycles. The Kier molecular flexibility index (Phi) is 5.71. The van der Waals surface area contributed by atoms with Crippen molar-refractivity contribution in [2.45, 2.75) is 65.5 Å². The minimum absolute atomic E-state index is 0.843. The monoisotopic (exact) mass is 283 g/mol. The summed E-state index contributed by atoms with van der Waals surface area (Å²) in [5.41, 5.74) is 2.18. The van der Waals surface area contributed by atoms with E-state index >= 15 is 0 Å². The summed E-state index contributed by atoms with van der Waals surface area (Å²) >= 11 is 6.41. The second-order valence-electron chi connectivity index (χ2n) is 5.51. The first-order valence-corrected chi connectivity index (χ1v) is 8.08. The molecule has 0 aromatic carbocycles. The van der Waals surface area contributed by atoms with Crippen LogP contribution in [0.15, 0.2) is 0 Å². The zero-order chi connectivity index (χ0) is 13.7. The van der Waals surface area contributed by atoms with Gasteiger partial charge in [-0.25, -0.2) is 0 Å². The van der Waals surface area contributed by atoms with Crippen molar-refractivity contribution in [3.63, 3.8) is 0 Å². The lowest BCUT2D eigenvalue weighted by Gasteiger charge is -2.21. The smallest absolute Gasteiger partial charge is 0.0863 e. The molecule has 1 heterocycles. The maximum Gasteiger partial charge on any atom is 0.0863 e. The lowest BCUT2D eigenvalue weighted by molar-refractivity contribution is 0.340. The van der Waals surface area contributed by atoms with Crippen LogP contribution < -0.4 is 5.32 Å². The predicted octanol–water partition coefficient (Wildman–Crippen LogP) is 3.79. The molecular formula is C15H26ClN3. The van der Waals surface area contributed by atoms with E-state index in [1.807, 2.05) is 4.68 Å². The van der Waals surface area contributed by atoms with Crippen LogP contribution in [-0.4, -0.2) is 16.3 Å². The highest BCUT2D eigenvalue weighted by Gasteiger charge is 2.16. The van der Waals surface area contributed by atoms with Crippen molar-refractivity contribution >= 4 is 11.6 Å². The Bertz CT molecular complexity index is 394. The molecule has 0 spiro atoms. The molecule has 1 saturated carbocycles. The minimum Gasteiger partial charge on any atom is -0.311 e. The van der Waals surface area contributed by atoms with Crippen molar-refractivity contribution in [1.82, 2.24) is 15.1 Å². The molecule has 0 saturated heterocycles. The van der Waals surface area contributed by atoms with Crippen LogP contribution in [0.25, 0.3) is 0 Å². The summed E-state index contributed by atoms with van der Waals surface area (Å²) < 4.78 is 2.04. The topological polar surface area (TPSA) is 29.9 Å². The van der Waals surface area contributed by atoms with E-state index in [2.05, 4.69) is 24.3 Å². The molecule has 0 bridgehead atoms. The molecule has 0 atom stereocenters. The van der Waals surface area contributed by atoms with Crippen molar-refractivity contribution in [2.75, 3.05) is 6.54 Å². The normalized spacial score (nSPS) is 17.0. The van der Waals surface area contributed by atoms with E-state index in [4.69, 9.17) is 11.6 Å². The first-order chi connectivity index (χ1) is 9.26. The summed E-state index contributed by atoms with van der Waals surface area (Å²) in [7, 11) is 0. The maximum absolute atomic E-state index is 6.41. The van der Waals surface area contributed by atoms with Crippen LogP contribution in [0.2, 0.25) is 5.02 Å². The van der Waals surface area contributed by atoms with Crippen molar-refractivity contribution in [3.05, 3.63) is 16.4 Å². The minimum atomic E-state index is 0.843. The Hall–Kier alpha value is -0.540. The molecule has 19 heavy (non-hydrogen) atoms. The zero-order valence-corrected chi connectivity index (χ0v) is 13.0. The van der Waals surface area contributed by atoms with Crippen LogP contribution in [0.3, 0.4) is 0 Å². The average Bonchev–Trinajstić information content (AvgIpc) is 2.76. The molecule has 4 heteroatoms. The highest BCUT2D eigenvalue weighted by atomic mass is 35.5. The van der Waals surface area contributed by atoms with Crippen molar-refractivity contribution in [3.8, 4) is 0 Å². The number of hydrogen-bond donors (Lipinski definition) is 1. The molecule has 0 radical (unpaired) electrons. The quantitative estimate of drug-likeness (QED) is 0.861. The van der Waals surface area contributed by atoms with Gasteiger partial charge in [0, 0.05) is 13.1 Å². The van der Waals surface area contributed by atoms with Gasteiger partial charge in [-0.05, 0) is 38.6 Å². The van der Waals surface area contributed by atoms with E-state index in [-0.39, 0.29) is 0 Å². The molecule has 1 aliphatic carbocycles. The van der Waals surface area contributed by atoms with Gasteiger partial charge in [0.1, 0.15) is 0 Å². The van der Waals surface area contributed by atoms with Gasteiger partial charge in [-0.15, -0.1) is 0 Å². The van der Waals surface area contributed by atoms with E-state index in [0.29, 0.717) is 0 Å². The zero-order valence-electron chi connectivity index (χ0n) is 12.2. The van der Waals surface area contributed by atoms with E-state index in [0.717, 1.165) is 48.4 Å². The molecule has 0 unspecified atom stereocenters. The predicted molar refractivity (Wildman–Crippen MR) is 80.6 cm³/mol. The largest absolute Gasteiger partial charge is 0.311 e. The fraction of sp³-hybridized carbons (Fsp3) is 0.800. The highest BCUT2D eigenvalue weighted by Crippen LogP contribution is 2.24. The summed E-state index contributed by atoms with van der Waals surface area (Å²) in [4.78, 5) is 0. The molecule has 0 amide bonds. The fourth-order valence-electron chi connectivity index (χ4n) is 2.97. The SMILES string of the molecule is CCc1nn(CC)c(CNCC2CCCCC2)c1Cl. The van der Waals surface area contributed by atoms with Gasteiger partial charge in [-0.2, -0.15) is 5.10 Å². The Labute approximate surface area is 121 Å². The Morgan fingerprint density at radius 1 is 1.26 bits per heavy atom. The van der Waals surface area contributed by atoms with Crippen LogP contribution in [-0.2, 0) is 19.5 Å². The van der Waals surface area contributed by atoms with Crippen LogP contribution in [0.5, 0.6) is 0 Å². The molecule has 1 aromatic rings.